The maximum Gasteiger partial charge on any atom is 0.512 e. The Morgan fingerprint density at radius 2 is 1.34 bits per heavy atom. The molecule has 16 heteroatoms. The Morgan fingerprint density at radius 1 is 0.931 bits per heavy atom. The predicted molar refractivity (Wildman–Crippen MR) is 82.7 cm³/mol. The van der Waals surface area contributed by atoms with Crippen LogP contribution in [-0.4, -0.2) is 62.5 Å². The molecule has 0 aliphatic carbocycles. The number of aliphatic hydroxyl groups excluding tert-OH is 1. The Morgan fingerprint density at radius 3 is 1.72 bits per heavy atom. The summed E-state index contributed by atoms with van der Waals surface area (Å²) in [7, 11) is -14.1. The molecule has 2 rings (SSSR count). The Kier molecular flexibility index (Phi) is 6.29. The van der Waals surface area contributed by atoms with Crippen molar-refractivity contribution in [3.05, 3.63) is 35.9 Å². The minimum Gasteiger partial charge on any atom is -0.386 e. The molecule has 1 saturated heterocycles. The summed E-state index contributed by atoms with van der Waals surface area (Å²) in [6.45, 7) is -2.69. The molecule has 1 atom stereocenters. The molecule has 1 fully saturated rings. The predicted octanol–water partition coefficient (Wildman–Crippen LogP) is 1.25. The van der Waals surface area contributed by atoms with Gasteiger partial charge in [0, 0.05) is 5.56 Å². The average Bonchev–Trinajstić information content (AvgIpc) is 3.09. The molecule has 0 radical (unpaired) electrons. The smallest absolute Gasteiger partial charge is 0.386 e. The average molecular weight is 473 g/mol. The van der Waals surface area contributed by atoms with Gasteiger partial charge in [0.1, 0.15) is 6.10 Å². The van der Waals surface area contributed by atoms with Gasteiger partial charge in [-0.05, 0) is 0 Å². The first-order chi connectivity index (χ1) is 13.1. The second kappa shape index (κ2) is 7.66. The van der Waals surface area contributed by atoms with Gasteiger partial charge in [0.2, 0.25) is 5.79 Å². The SMILES string of the molecule is O=S(=O)(N(CC(O)C1(c2ccccc2)OCCO1)S(=O)(=O)C(F)(F)F)C(F)(F)F. The van der Waals surface area contributed by atoms with Crippen LogP contribution in [0.3, 0.4) is 0 Å². The van der Waals surface area contributed by atoms with Crippen LogP contribution in [0.25, 0.3) is 0 Å². The molecule has 1 aromatic rings. The number of halogens is 6. The molecule has 1 aliphatic heterocycles. The number of rotatable bonds is 6. The number of hydrogen-bond acceptors (Lipinski definition) is 7. The molecule has 1 unspecified atom stereocenters. The van der Waals surface area contributed by atoms with Gasteiger partial charge in [0.05, 0.1) is 19.8 Å². The molecule has 1 heterocycles. The molecule has 1 aromatic carbocycles. The summed E-state index contributed by atoms with van der Waals surface area (Å²) in [5.74, 6) is -2.39. The van der Waals surface area contributed by atoms with Crippen molar-refractivity contribution in [2.45, 2.75) is 22.9 Å². The standard InChI is InChI=1S/C13H13F6NO7S2/c14-12(15,16)28(22,23)20(29(24,25)13(17,18)19)8-10(21)11(26-6-7-27-11)9-4-2-1-3-5-9/h1-5,10,21H,6-8H2. The van der Waals surface area contributed by atoms with Crippen molar-refractivity contribution in [1.82, 2.24) is 3.71 Å². The highest BCUT2D eigenvalue weighted by atomic mass is 32.3. The van der Waals surface area contributed by atoms with E-state index >= 15 is 0 Å². The Balaban J connectivity index is 2.56. The monoisotopic (exact) mass is 473 g/mol. The van der Waals surface area contributed by atoms with Crippen molar-refractivity contribution < 1.29 is 57.8 Å². The van der Waals surface area contributed by atoms with E-state index in [1.165, 1.54) is 30.3 Å². The lowest BCUT2D eigenvalue weighted by atomic mass is 10.00. The van der Waals surface area contributed by atoms with E-state index in [-0.39, 0.29) is 18.8 Å². The fourth-order valence-corrected chi connectivity index (χ4v) is 5.15. The van der Waals surface area contributed by atoms with Crippen LogP contribution < -0.4 is 0 Å². The van der Waals surface area contributed by atoms with Gasteiger partial charge in [-0.3, -0.25) is 0 Å². The summed E-state index contributed by atoms with van der Waals surface area (Å²) in [5, 5.41) is 10.3. The highest BCUT2D eigenvalue weighted by molar-refractivity contribution is 8.04. The first kappa shape index (κ1) is 23.8. The van der Waals surface area contributed by atoms with Crippen molar-refractivity contribution in [3.8, 4) is 0 Å². The van der Waals surface area contributed by atoms with E-state index in [9.17, 15) is 48.3 Å². The van der Waals surface area contributed by atoms with E-state index in [4.69, 9.17) is 9.47 Å². The molecule has 0 bridgehead atoms. The molecule has 29 heavy (non-hydrogen) atoms. The maximum absolute atomic E-state index is 12.8. The van der Waals surface area contributed by atoms with Gasteiger partial charge in [-0.2, -0.15) is 26.3 Å². The third-order valence-corrected chi connectivity index (χ3v) is 7.49. The number of benzene rings is 1. The third kappa shape index (κ3) is 4.22. The first-order valence-corrected chi connectivity index (χ1v) is 10.4. The third-order valence-electron chi connectivity index (χ3n) is 3.77. The van der Waals surface area contributed by atoms with Crippen LogP contribution in [0.15, 0.2) is 30.3 Å². The minimum absolute atomic E-state index is 0.0845. The summed E-state index contributed by atoms with van der Waals surface area (Å²) in [4.78, 5) is 0. The first-order valence-electron chi connectivity index (χ1n) is 7.49. The van der Waals surface area contributed by atoms with Crippen LogP contribution in [0.4, 0.5) is 26.3 Å². The lowest BCUT2D eigenvalue weighted by Crippen LogP contribution is -2.55. The second-order valence-corrected chi connectivity index (χ2v) is 9.54. The van der Waals surface area contributed by atoms with Crippen LogP contribution in [0.5, 0.6) is 0 Å². The Bertz CT molecular complexity index is 881. The van der Waals surface area contributed by atoms with Gasteiger partial charge in [-0.25, -0.2) is 16.8 Å². The van der Waals surface area contributed by atoms with Crippen molar-refractivity contribution in [3.63, 3.8) is 0 Å². The quantitative estimate of drug-likeness (QED) is 0.620. The van der Waals surface area contributed by atoms with Gasteiger partial charge in [-0.15, -0.1) is 0 Å². The maximum atomic E-state index is 12.8. The zero-order chi connectivity index (χ0) is 22.3. The van der Waals surface area contributed by atoms with Gasteiger partial charge in [0.15, 0.2) is 0 Å². The largest absolute Gasteiger partial charge is 0.512 e. The zero-order valence-electron chi connectivity index (χ0n) is 14.0. The van der Waals surface area contributed by atoms with Gasteiger partial charge in [-0.1, -0.05) is 34.0 Å². The van der Waals surface area contributed by atoms with Crippen molar-refractivity contribution in [2.24, 2.45) is 0 Å². The van der Waals surface area contributed by atoms with E-state index in [1.807, 2.05) is 0 Å². The van der Waals surface area contributed by atoms with Gasteiger partial charge >= 0.3 is 31.1 Å². The zero-order valence-corrected chi connectivity index (χ0v) is 15.6. The van der Waals surface area contributed by atoms with Crippen LogP contribution in [-0.2, 0) is 35.3 Å². The molecule has 0 saturated carbocycles. The van der Waals surface area contributed by atoms with Crippen LogP contribution >= 0.6 is 0 Å². The summed E-state index contributed by atoms with van der Waals surface area (Å²) >= 11 is 0. The number of alkyl halides is 6. The van der Waals surface area contributed by atoms with Crippen molar-refractivity contribution in [1.29, 1.82) is 0 Å². The van der Waals surface area contributed by atoms with Gasteiger partial charge < -0.3 is 14.6 Å². The molecule has 166 valence electrons. The molecule has 0 spiro atoms. The lowest BCUT2D eigenvalue weighted by Gasteiger charge is -2.35. The van der Waals surface area contributed by atoms with Crippen LogP contribution in [0.1, 0.15) is 5.56 Å². The topological polar surface area (TPSA) is 110 Å². The number of hydrogen-bond donors (Lipinski definition) is 1. The summed E-state index contributed by atoms with van der Waals surface area (Å²) in [6.07, 6.45) is -2.58. The second-order valence-electron chi connectivity index (χ2n) is 5.60. The van der Waals surface area contributed by atoms with Crippen molar-refractivity contribution in [2.75, 3.05) is 19.8 Å². The van der Waals surface area contributed by atoms with Crippen LogP contribution in [0, 0.1) is 0 Å². The Hall–Kier alpha value is -1.46. The molecule has 0 amide bonds. The fourth-order valence-electron chi connectivity index (χ4n) is 2.47. The molecule has 1 aliphatic rings. The lowest BCUT2D eigenvalue weighted by molar-refractivity contribution is -0.229. The molecule has 1 N–H and O–H groups in total. The van der Waals surface area contributed by atoms with Crippen molar-refractivity contribution >= 4 is 20.0 Å². The minimum atomic E-state index is -7.06. The Labute approximate surface area is 160 Å². The molecular weight excluding hydrogens is 460 g/mol. The summed E-state index contributed by atoms with van der Waals surface area (Å²) in [5.41, 5.74) is -12.9. The van der Waals surface area contributed by atoms with E-state index in [0.29, 0.717) is 0 Å². The normalized spacial score (nSPS) is 19.4. The van der Waals surface area contributed by atoms with E-state index in [2.05, 4.69) is 0 Å². The number of sulfonamides is 2. The molecule has 8 nitrogen and oxygen atoms in total. The van der Waals surface area contributed by atoms with E-state index < -0.39 is 53.2 Å². The molecular formula is C13H13F6NO7S2. The van der Waals surface area contributed by atoms with Gasteiger partial charge in [0.25, 0.3) is 0 Å². The summed E-state index contributed by atoms with van der Waals surface area (Å²) in [6, 6.07) is 6.68. The fraction of sp³-hybridized carbons (Fsp3) is 0.538. The summed E-state index contributed by atoms with van der Waals surface area (Å²) < 4.78 is 132. The molecule has 0 aromatic heterocycles. The highest BCUT2D eigenvalue weighted by Gasteiger charge is 2.63. The van der Waals surface area contributed by atoms with Crippen LogP contribution in [0.2, 0.25) is 0 Å². The van der Waals surface area contributed by atoms with E-state index in [0.717, 1.165) is 0 Å². The number of aliphatic hydroxyl groups is 1. The number of nitrogens with zero attached hydrogens (tertiary/aromatic N) is 1. The highest BCUT2D eigenvalue weighted by Crippen LogP contribution is 2.39. The van der Waals surface area contributed by atoms with E-state index in [1.54, 1.807) is 0 Å². The number of ether oxygens (including phenoxy) is 2.